The smallest absolute Gasteiger partial charge is 0.219 e. The molecule has 0 bridgehead atoms. The SMILES string of the molecule is CC(=O)N1CCC2CC(=O)C(C#N)=CC2(C)C1. The van der Waals surface area contributed by atoms with Gasteiger partial charge in [-0.1, -0.05) is 13.0 Å². The number of nitrogens with zero attached hydrogens (tertiary/aromatic N) is 2. The van der Waals surface area contributed by atoms with Gasteiger partial charge in [-0.3, -0.25) is 9.59 Å². The van der Waals surface area contributed by atoms with E-state index >= 15 is 0 Å². The Morgan fingerprint density at radius 1 is 1.65 bits per heavy atom. The molecule has 1 aliphatic heterocycles. The lowest BCUT2D eigenvalue weighted by molar-refractivity contribution is -0.133. The van der Waals surface area contributed by atoms with E-state index in [2.05, 4.69) is 0 Å². The molecule has 0 aromatic heterocycles. The highest BCUT2D eigenvalue weighted by molar-refractivity contribution is 6.00. The van der Waals surface area contributed by atoms with Crippen molar-refractivity contribution in [3.63, 3.8) is 0 Å². The van der Waals surface area contributed by atoms with E-state index in [4.69, 9.17) is 5.26 Å². The van der Waals surface area contributed by atoms with Gasteiger partial charge in [0.1, 0.15) is 6.07 Å². The van der Waals surface area contributed by atoms with Crippen molar-refractivity contribution in [2.75, 3.05) is 13.1 Å². The van der Waals surface area contributed by atoms with Crippen molar-refractivity contribution in [2.24, 2.45) is 11.3 Å². The van der Waals surface area contributed by atoms with E-state index in [0.717, 1.165) is 13.0 Å². The van der Waals surface area contributed by atoms with Crippen LogP contribution in [0, 0.1) is 22.7 Å². The Morgan fingerprint density at radius 2 is 2.35 bits per heavy atom. The third-order valence-electron chi connectivity index (χ3n) is 3.98. The first-order valence-electron chi connectivity index (χ1n) is 5.88. The summed E-state index contributed by atoms with van der Waals surface area (Å²) in [6.07, 6.45) is 3.07. The molecule has 0 radical (unpaired) electrons. The Morgan fingerprint density at radius 3 is 2.94 bits per heavy atom. The minimum Gasteiger partial charge on any atom is -0.342 e. The number of carbonyl (C=O) groups excluding carboxylic acids is 2. The number of hydrogen-bond acceptors (Lipinski definition) is 3. The Kier molecular flexibility index (Phi) is 2.78. The van der Waals surface area contributed by atoms with E-state index in [9.17, 15) is 9.59 Å². The fourth-order valence-corrected chi connectivity index (χ4v) is 2.87. The van der Waals surface area contributed by atoms with Crippen molar-refractivity contribution in [1.82, 2.24) is 4.90 Å². The number of hydrogen-bond donors (Lipinski definition) is 0. The van der Waals surface area contributed by atoms with Gasteiger partial charge in [-0.25, -0.2) is 0 Å². The average molecular weight is 232 g/mol. The van der Waals surface area contributed by atoms with E-state index in [1.165, 1.54) is 0 Å². The molecule has 2 atom stereocenters. The maximum atomic E-state index is 11.7. The van der Waals surface area contributed by atoms with E-state index < -0.39 is 0 Å². The number of amides is 1. The summed E-state index contributed by atoms with van der Waals surface area (Å²) in [6, 6.07) is 1.96. The summed E-state index contributed by atoms with van der Waals surface area (Å²) in [6.45, 7) is 4.94. The van der Waals surface area contributed by atoms with Crippen LogP contribution in [0.15, 0.2) is 11.6 Å². The van der Waals surface area contributed by atoms with Gasteiger partial charge < -0.3 is 4.90 Å². The predicted molar refractivity (Wildman–Crippen MR) is 61.8 cm³/mol. The standard InChI is InChI=1S/C13H16N2O2/c1-9(16)15-4-3-11-5-12(17)10(7-14)6-13(11,2)8-15/h6,11H,3-5,8H2,1-2H3. The first-order valence-corrected chi connectivity index (χ1v) is 5.88. The number of likely N-dealkylation sites (tertiary alicyclic amines) is 1. The molecule has 0 aromatic rings. The second-order valence-corrected chi connectivity index (χ2v) is 5.23. The highest BCUT2D eigenvalue weighted by Crippen LogP contribution is 2.43. The van der Waals surface area contributed by atoms with Crippen molar-refractivity contribution in [1.29, 1.82) is 5.26 Å². The van der Waals surface area contributed by atoms with Crippen LogP contribution < -0.4 is 0 Å². The van der Waals surface area contributed by atoms with Crippen molar-refractivity contribution < 1.29 is 9.59 Å². The molecule has 2 aliphatic rings. The van der Waals surface area contributed by atoms with Crippen LogP contribution >= 0.6 is 0 Å². The highest BCUT2D eigenvalue weighted by Gasteiger charge is 2.43. The van der Waals surface area contributed by atoms with Gasteiger partial charge in [0.05, 0.1) is 5.57 Å². The van der Waals surface area contributed by atoms with Crippen LogP contribution in [0.1, 0.15) is 26.7 Å². The topological polar surface area (TPSA) is 61.2 Å². The molecular weight excluding hydrogens is 216 g/mol. The molecular formula is C13H16N2O2. The second-order valence-electron chi connectivity index (χ2n) is 5.23. The van der Waals surface area contributed by atoms with Crippen LogP contribution in [0.25, 0.3) is 0 Å². The van der Waals surface area contributed by atoms with Gasteiger partial charge in [0.25, 0.3) is 0 Å². The lowest BCUT2D eigenvalue weighted by Gasteiger charge is -2.46. The third-order valence-corrected chi connectivity index (χ3v) is 3.98. The lowest BCUT2D eigenvalue weighted by Crippen LogP contribution is -2.50. The van der Waals surface area contributed by atoms with Gasteiger partial charge in [-0.2, -0.15) is 5.26 Å². The number of rotatable bonds is 0. The molecule has 4 nitrogen and oxygen atoms in total. The minimum atomic E-state index is -0.219. The van der Waals surface area contributed by atoms with Gasteiger partial charge in [-0.05, 0) is 12.3 Å². The molecule has 4 heteroatoms. The molecule has 2 rings (SSSR count). The summed E-state index contributed by atoms with van der Waals surface area (Å²) >= 11 is 0. The van der Waals surface area contributed by atoms with Crippen molar-refractivity contribution >= 4 is 11.7 Å². The molecule has 1 saturated heterocycles. The maximum absolute atomic E-state index is 11.7. The molecule has 90 valence electrons. The van der Waals surface area contributed by atoms with Crippen molar-refractivity contribution in [3.05, 3.63) is 11.6 Å². The number of piperidine rings is 1. The van der Waals surface area contributed by atoms with Crippen LogP contribution in [0.5, 0.6) is 0 Å². The summed E-state index contributed by atoms with van der Waals surface area (Å²) < 4.78 is 0. The van der Waals surface area contributed by atoms with E-state index in [1.54, 1.807) is 17.9 Å². The summed E-state index contributed by atoms with van der Waals surface area (Å²) in [5.41, 5.74) is 0.0391. The first-order chi connectivity index (χ1) is 7.96. The van der Waals surface area contributed by atoms with Gasteiger partial charge in [0.15, 0.2) is 5.78 Å². The van der Waals surface area contributed by atoms with Crippen LogP contribution in [0.3, 0.4) is 0 Å². The Balaban J connectivity index is 2.31. The third kappa shape index (κ3) is 1.97. The van der Waals surface area contributed by atoms with Crippen LogP contribution in [0.2, 0.25) is 0 Å². The van der Waals surface area contributed by atoms with Crippen molar-refractivity contribution in [2.45, 2.75) is 26.7 Å². The fourth-order valence-electron chi connectivity index (χ4n) is 2.87. The zero-order valence-corrected chi connectivity index (χ0v) is 10.2. The summed E-state index contributed by atoms with van der Waals surface area (Å²) in [5, 5.41) is 8.92. The average Bonchev–Trinajstić information content (AvgIpc) is 2.28. The van der Waals surface area contributed by atoms with Gasteiger partial charge in [0.2, 0.25) is 5.91 Å². The zero-order chi connectivity index (χ0) is 12.6. The van der Waals surface area contributed by atoms with Crippen LogP contribution in [-0.2, 0) is 9.59 Å². The number of nitriles is 1. The Labute approximate surface area is 101 Å². The van der Waals surface area contributed by atoms with Crippen molar-refractivity contribution in [3.8, 4) is 6.07 Å². The second kappa shape index (κ2) is 3.99. The normalized spacial score (nSPS) is 32.5. The molecule has 1 amide bonds. The number of allylic oxidation sites excluding steroid dienone is 1. The summed E-state index contributed by atoms with van der Waals surface area (Å²) in [7, 11) is 0. The number of Topliss-reactive ketones (excluding diaryl/α,β-unsaturated/α-hetero) is 1. The molecule has 0 saturated carbocycles. The van der Waals surface area contributed by atoms with Gasteiger partial charge in [0, 0.05) is 31.8 Å². The molecule has 0 spiro atoms. The first kappa shape index (κ1) is 11.8. The lowest BCUT2D eigenvalue weighted by atomic mass is 9.65. The van der Waals surface area contributed by atoms with E-state index in [-0.39, 0.29) is 28.6 Å². The van der Waals surface area contributed by atoms with E-state index in [1.807, 2.05) is 13.0 Å². The number of fused-ring (bicyclic) bond motifs is 1. The summed E-state index contributed by atoms with van der Waals surface area (Å²) in [4.78, 5) is 24.9. The Bertz CT molecular complexity index is 447. The van der Waals surface area contributed by atoms with Gasteiger partial charge >= 0.3 is 0 Å². The molecule has 0 N–H and O–H groups in total. The molecule has 2 unspecified atom stereocenters. The number of carbonyl (C=O) groups is 2. The fraction of sp³-hybridized carbons (Fsp3) is 0.615. The molecule has 1 heterocycles. The Hall–Kier alpha value is -1.63. The van der Waals surface area contributed by atoms with Crippen LogP contribution in [-0.4, -0.2) is 29.7 Å². The minimum absolute atomic E-state index is 0.0498. The predicted octanol–water partition coefficient (Wildman–Crippen LogP) is 1.28. The highest BCUT2D eigenvalue weighted by atomic mass is 16.2. The monoisotopic (exact) mass is 232 g/mol. The zero-order valence-electron chi connectivity index (χ0n) is 10.2. The molecule has 17 heavy (non-hydrogen) atoms. The summed E-state index contributed by atoms with van der Waals surface area (Å²) in [5.74, 6) is 0.280. The maximum Gasteiger partial charge on any atom is 0.219 e. The van der Waals surface area contributed by atoms with E-state index in [0.29, 0.717) is 13.0 Å². The molecule has 0 aromatic carbocycles. The quantitative estimate of drug-likeness (QED) is 0.632. The molecule has 1 aliphatic carbocycles. The number of ketones is 1. The largest absolute Gasteiger partial charge is 0.342 e. The van der Waals surface area contributed by atoms with Gasteiger partial charge in [-0.15, -0.1) is 0 Å². The molecule has 1 fully saturated rings. The van der Waals surface area contributed by atoms with Crippen LogP contribution in [0.4, 0.5) is 0 Å².